The number of nitrogens with zero attached hydrogens (tertiary/aromatic N) is 1. The molecule has 3 rings (SSSR count). The lowest BCUT2D eigenvalue weighted by molar-refractivity contribution is -0.118. The Bertz CT molecular complexity index is 1120. The number of sulfone groups is 1. The SMILES string of the molecule is Cc1cc(Br)cc(C)c1OCC(=O)Nc1nc2ccc(S(C)(=O)=O)cc2s1. The van der Waals surface area contributed by atoms with Crippen LogP contribution in [-0.4, -0.2) is 32.2 Å². The molecule has 0 bridgehead atoms. The van der Waals surface area contributed by atoms with Crippen molar-refractivity contribution in [3.63, 3.8) is 0 Å². The number of fused-ring (bicyclic) bond motifs is 1. The molecule has 27 heavy (non-hydrogen) atoms. The van der Waals surface area contributed by atoms with Crippen molar-refractivity contribution in [1.82, 2.24) is 4.98 Å². The second-order valence-corrected chi connectivity index (χ2v) is 10.1. The van der Waals surface area contributed by atoms with E-state index in [1.54, 1.807) is 12.1 Å². The molecule has 0 atom stereocenters. The first-order valence-corrected chi connectivity index (χ1v) is 11.4. The lowest BCUT2D eigenvalue weighted by Gasteiger charge is -2.12. The fourth-order valence-electron chi connectivity index (χ4n) is 2.61. The summed E-state index contributed by atoms with van der Waals surface area (Å²) < 4.78 is 30.6. The van der Waals surface area contributed by atoms with Gasteiger partial charge in [0.25, 0.3) is 5.91 Å². The maximum absolute atomic E-state index is 12.2. The smallest absolute Gasteiger partial charge is 0.264 e. The minimum Gasteiger partial charge on any atom is -0.483 e. The van der Waals surface area contributed by atoms with Gasteiger partial charge < -0.3 is 4.74 Å². The molecule has 3 aromatic rings. The molecule has 1 amide bonds. The van der Waals surface area contributed by atoms with Crippen LogP contribution in [0.25, 0.3) is 10.2 Å². The highest BCUT2D eigenvalue weighted by atomic mass is 79.9. The topological polar surface area (TPSA) is 85.4 Å². The molecule has 0 unspecified atom stereocenters. The predicted molar refractivity (Wildman–Crippen MR) is 110 cm³/mol. The lowest BCUT2D eigenvalue weighted by atomic mass is 10.1. The van der Waals surface area contributed by atoms with E-state index in [2.05, 4.69) is 26.2 Å². The molecular weight excluding hydrogens is 452 g/mol. The number of rotatable bonds is 5. The number of ether oxygens (including phenoxy) is 1. The molecule has 0 aliphatic rings. The van der Waals surface area contributed by atoms with Crippen LogP contribution in [0.3, 0.4) is 0 Å². The molecule has 0 saturated carbocycles. The summed E-state index contributed by atoms with van der Waals surface area (Å²) in [4.78, 5) is 16.7. The molecule has 0 aliphatic carbocycles. The Morgan fingerprint density at radius 3 is 2.52 bits per heavy atom. The minimum absolute atomic E-state index is 0.145. The van der Waals surface area contributed by atoms with E-state index < -0.39 is 9.84 Å². The Balaban J connectivity index is 1.71. The number of aromatic nitrogens is 1. The number of carbonyl (C=O) groups excluding carboxylic acids is 1. The van der Waals surface area contributed by atoms with Crippen LogP contribution >= 0.6 is 27.3 Å². The van der Waals surface area contributed by atoms with E-state index in [0.29, 0.717) is 21.1 Å². The summed E-state index contributed by atoms with van der Waals surface area (Å²) in [6.45, 7) is 3.68. The molecule has 142 valence electrons. The van der Waals surface area contributed by atoms with Crippen LogP contribution in [-0.2, 0) is 14.6 Å². The maximum Gasteiger partial charge on any atom is 0.264 e. The number of hydrogen-bond donors (Lipinski definition) is 1. The number of amides is 1. The number of carbonyl (C=O) groups is 1. The third kappa shape index (κ3) is 4.66. The van der Waals surface area contributed by atoms with Gasteiger partial charge in [-0.05, 0) is 55.3 Å². The van der Waals surface area contributed by atoms with Gasteiger partial charge in [0.15, 0.2) is 21.6 Å². The average Bonchev–Trinajstić information content (AvgIpc) is 2.94. The highest BCUT2D eigenvalue weighted by Crippen LogP contribution is 2.29. The zero-order valence-electron chi connectivity index (χ0n) is 14.9. The molecule has 6 nitrogen and oxygen atoms in total. The number of hydrogen-bond acceptors (Lipinski definition) is 6. The molecule has 9 heteroatoms. The number of nitrogens with one attached hydrogen (secondary N) is 1. The second kappa shape index (κ2) is 7.57. The van der Waals surface area contributed by atoms with Gasteiger partial charge in [-0.25, -0.2) is 13.4 Å². The number of halogens is 1. The van der Waals surface area contributed by atoms with Gasteiger partial charge in [-0.3, -0.25) is 10.1 Å². The van der Waals surface area contributed by atoms with Crippen molar-refractivity contribution >= 4 is 58.4 Å². The van der Waals surface area contributed by atoms with Gasteiger partial charge in [0.2, 0.25) is 0 Å². The van der Waals surface area contributed by atoms with E-state index in [4.69, 9.17) is 4.74 Å². The maximum atomic E-state index is 12.2. The molecule has 0 saturated heterocycles. The summed E-state index contributed by atoms with van der Waals surface area (Å²) in [6, 6.07) is 8.54. The number of anilines is 1. The summed E-state index contributed by atoms with van der Waals surface area (Å²) in [5.74, 6) is 0.342. The molecule has 0 fully saturated rings. The van der Waals surface area contributed by atoms with Crippen molar-refractivity contribution in [1.29, 1.82) is 0 Å². The molecule has 1 aromatic heterocycles. The summed E-state index contributed by atoms with van der Waals surface area (Å²) in [5.41, 5.74) is 2.49. The summed E-state index contributed by atoms with van der Waals surface area (Å²) >= 11 is 4.64. The largest absolute Gasteiger partial charge is 0.483 e. The molecule has 1 heterocycles. The Labute approximate surface area is 169 Å². The Morgan fingerprint density at radius 2 is 1.89 bits per heavy atom. The first-order chi connectivity index (χ1) is 12.6. The first-order valence-electron chi connectivity index (χ1n) is 7.93. The lowest BCUT2D eigenvalue weighted by Crippen LogP contribution is -2.20. The zero-order valence-corrected chi connectivity index (χ0v) is 18.1. The summed E-state index contributed by atoms with van der Waals surface area (Å²) in [6.07, 6.45) is 1.15. The van der Waals surface area contributed by atoms with Crippen LogP contribution < -0.4 is 10.1 Å². The van der Waals surface area contributed by atoms with E-state index in [1.807, 2.05) is 26.0 Å². The molecule has 2 aromatic carbocycles. The van der Waals surface area contributed by atoms with Crippen LogP contribution in [0.1, 0.15) is 11.1 Å². The quantitative estimate of drug-likeness (QED) is 0.608. The van der Waals surface area contributed by atoms with E-state index in [9.17, 15) is 13.2 Å². The molecule has 0 aliphatic heterocycles. The number of benzene rings is 2. The van der Waals surface area contributed by atoms with Crippen molar-refractivity contribution in [2.75, 3.05) is 18.2 Å². The van der Waals surface area contributed by atoms with Gasteiger partial charge in [0.05, 0.1) is 15.1 Å². The van der Waals surface area contributed by atoms with E-state index in [1.165, 1.54) is 17.4 Å². The van der Waals surface area contributed by atoms with Gasteiger partial charge in [0.1, 0.15) is 5.75 Å². The highest BCUT2D eigenvalue weighted by molar-refractivity contribution is 9.10. The van der Waals surface area contributed by atoms with Gasteiger partial charge >= 0.3 is 0 Å². The third-order valence-corrected chi connectivity index (χ3v) is 6.31. The summed E-state index contributed by atoms with van der Waals surface area (Å²) in [5, 5.41) is 3.09. The van der Waals surface area contributed by atoms with Crippen LogP contribution in [0.15, 0.2) is 39.7 Å². The third-order valence-electron chi connectivity index (χ3n) is 3.81. The zero-order chi connectivity index (χ0) is 19.8. The van der Waals surface area contributed by atoms with E-state index in [0.717, 1.165) is 21.9 Å². The monoisotopic (exact) mass is 468 g/mol. The predicted octanol–water partition coefficient (Wildman–Crippen LogP) is 4.10. The fourth-order valence-corrected chi connectivity index (χ4v) is 4.94. The normalized spacial score (nSPS) is 11.6. The summed E-state index contributed by atoms with van der Waals surface area (Å²) in [7, 11) is -3.29. The number of thiazole rings is 1. The van der Waals surface area contributed by atoms with Crippen molar-refractivity contribution in [2.24, 2.45) is 0 Å². The van der Waals surface area contributed by atoms with Gasteiger partial charge in [-0.15, -0.1) is 0 Å². The average molecular weight is 469 g/mol. The van der Waals surface area contributed by atoms with Gasteiger partial charge in [0, 0.05) is 10.7 Å². The Hall–Kier alpha value is -1.97. The van der Waals surface area contributed by atoms with Crippen molar-refractivity contribution in [2.45, 2.75) is 18.7 Å². The van der Waals surface area contributed by atoms with E-state index in [-0.39, 0.29) is 17.4 Å². The minimum atomic E-state index is -3.29. The van der Waals surface area contributed by atoms with Crippen molar-refractivity contribution < 1.29 is 17.9 Å². The number of aryl methyl sites for hydroxylation is 2. The molecule has 0 spiro atoms. The van der Waals surface area contributed by atoms with Gasteiger partial charge in [-0.2, -0.15) is 0 Å². The van der Waals surface area contributed by atoms with Crippen LogP contribution in [0.2, 0.25) is 0 Å². The molecular formula is C18H17BrN2O4S2. The fraction of sp³-hybridized carbons (Fsp3) is 0.222. The standard InChI is InChI=1S/C18H17BrN2O4S2/c1-10-6-12(19)7-11(2)17(10)25-9-16(22)21-18-20-14-5-4-13(27(3,23)24)8-15(14)26-18/h4-8H,9H2,1-3H3,(H,20,21,22). The van der Waals surface area contributed by atoms with Crippen LogP contribution in [0, 0.1) is 13.8 Å². The van der Waals surface area contributed by atoms with E-state index >= 15 is 0 Å². The first kappa shape index (κ1) is 19.8. The second-order valence-electron chi connectivity index (χ2n) is 6.13. The Morgan fingerprint density at radius 1 is 1.22 bits per heavy atom. The molecule has 0 radical (unpaired) electrons. The molecule has 1 N–H and O–H groups in total. The van der Waals surface area contributed by atoms with Crippen LogP contribution in [0.4, 0.5) is 5.13 Å². The van der Waals surface area contributed by atoms with Crippen LogP contribution in [0.5, 0.6) is 5.75 Å². The highest BCUT2D eigenvalue weighted by Gasteiger charge is 2.13. The van der Waals surface area contributed by atoms with Crippen molar-refractivity contribution in [3.05, 3.63) is 45.9 Å². The Kier molecular flexibility index (Phi) is 5.55. The van der Waals surface area contributed by atoms with Crippen molar-refractivity contribution in [3.8, 4) is 5.75 Å². The van der Waals surface area contributed by atoms with Gasteiger partial charge in [-0.1, -0.05) is 27.3 Å².